The molecule has 0 aliphatic carbocycles. The third-order valence-electron chi connectivity index (χ3n) is 3.49. The van der Waals surface area contributed by atoms with Crippen molar-refractivity contribution in [1.29, 1.82) is 0 Å². The molecule has 1 saturated heterocycles. The van der Waals surface area contributed by atoms with Gasteiger partial charge in [0.25, 0.3) is 0 Å². The number of hydrogen-bond acceptors (Lipinski definition) is 4. The quantitative estimate of drug-likeness (QED) is 0.777. The number of nitrogens with zero attached hydrogens (tertiary/aromatic N) is 1. The number of primary amides is 1. The van der Waals surface area contributed by atoms with Gasteiger partial charge in [0.2, 0.25) is 5.91 Å². The average molecular weight is 310 g/mol. The van der Waals surface area contributed by atoms with E-state index in [0.29, 0.717) is 13.1 Å². The molecule has 116 valence electrons. The van der Waals surface area contributed by atoms with Gasteiger partial charge in [-0.05, 0) is 25.3 Å². The molecule has 0 unspecified atom stereocenters. The topological polar surface area (TPSA) is 87.5 Å². The predicted octanol–water partition coefficient (Wildman–Crippen LogP) is 1.06. The van der Waals surface area contributed by atoms with E-state index in [1.165, 1.54) is 11.3 Å². The smallest absolute Gasteiger partial charge is 0.312 e. The summed E-state index contributed by atoms with van der Waals surface area (Å²) in [5, 5.41) is 7.98. The van der Waals surface area contributed by atoms with Gasteiger partial charge < -0.3 is 21.3 Å². The Bertz CT molecular complexity index is 481. The zero-order valence-electron chi connectivity index (χ0n) is 12.3. The van der Waals surface area contributed by atoms with E-state index in [4.69, 9.17) is 5.73 Å². The fourth-order valence-corrected chi connectivity index (χ4v) is 3.50. The van der Waals surface area contributed by atoms with Crippen LogP contribution in [0.5, 0.6) is 0 Å². The van der Waals surface area contributed by atoms with Crippen LogP contribution in [0.2, 0.25) is 0 Å². The van der Waals surface area contributed by atoms with Gasteiger partial charge in [0.15, 0.2) is 0 Å². The van der Waals surface area contributed by atoms with Gasteiger partial charge in [-0.2, -0.15) is 0 Å². The Kier molecular flexibility index (Phi) is 5.19. The first-order valence-corrected chi connectivity index (χ1v) is 7.97. The first-order chi connectivity index (χ1) is 9.95. The number of nitrogens with one attached hydrogen (secondary N) is 2. The molecule has 1 aromatic heterocycles. The van der Waals surface area contributed by atoms with Crippen LogP contribution in [0.25, 0.3) is 0 Å². The van der Waals surface area contributed by atoms with E-state index in [-0.39, 0.29) is 30.5 Å². The van der Waals surface area contributed by atoms with Crippen LogP contribution in [-0.2, 0) is 4.79 Å². The number of carbonyl (C=O) groups is 2. The summed E-state index contributed by atoms with van der Waals surface area (Å²) in [5.74, 6) is 0.0438. The summed E-state index contributed by atoms with van der Waals surface area (Å²) >= 11 is 1.51. The van der Waals surface area contributed by atoms with Crippen LogP contribution in [0.4, 0.5) is 4.79 Å². The van der Waals surface area contributed by atoms with Crippen LogP contribution in [0.1, 0.15) is 31.2 Å². The zero-order chi connectivity index (χ0) is 15.4. The van der Waals surface area contributed by atoms with Gasteiger partial charge >= 0.3 is 6.03 Å². The largest absolute Gasteiger partial charge is 0.352 e. The lowest BCUT2D eigenvalue weighted by Gasteiger charge is -2.36. The predicted molar refractivity (Wildman–Crippen MR) is 83.0 cm³/mol. The highest BCUT2D eigenvalue weighted by Gasteiger charge is 2.27. The van der Waals surface area contributed by atoms with Crippen molar-refractivity contribution in [2.75, 3.05) is 13.1 Å². The summed E-state index contributed by atoms with van der Waals surface area (Å²) in [7, 11) is 0. The van der Waals surface area contributed by atoms with Gasteiger partial charge in [0.05, 0.1) is 12.5 Å². The van der Waals surface area contributed by atoms with Crippen LogP contribution in [-0.4, -0.2) is 42.0 Å². The maximum Gasteiger partial charge on any atom is 0.312 e. The number of amides is 3. The van der Waals surface area contributed by atoms with E-state index in [1.807, 2.05) is 22.4 Å². The van der Waals surface area contributed by atoms with Crippen molar-refractivity contribution in [2.24, 2.45) is 5.73 Å². The first-order valence-electron chi connectivity index (χ1n) is 7.09. The number of piperazine rings is 1. The molecule has 1 aromatic rings. The van der Waals surface area contributed by atoms with Gasteiger partial charge in [0, 0.05) is 30.1 Å². The molecule has 3 amide bonds. The Labute approximate surface area is 128 Å². The van der Waals surface area contributed by atoms with Gasteiger partial charge in [-0.3, -0.25) is 4.79 Å². The molecule has 1 fully saturated rings. The normalized spacial score (nSPS) is 23.6. The summed E-state index contributed by atoms with van der Waals surface area (Å²) in [4.78, 5) is 26.4. The van der Waals surface area contributed by atoms with E-state index in [9.17, 15) is 9.59 Å². The molecule has 3 atom stereocenters. The maximum absolute atomic E-state index is 12.5. The second kappa shape index (κ2) is 6.91. The van der Waals surface area contributed by atoms with Gasteiger partial charge in [-0.1, -0.05) is 6.07 Å². The van der Waals surface area contributed by atoms with Crippen LogP contribution in [0, 0.1) is 0 Å². The molecule has 7 heteroatoms. The van der Waals surface area contributed by atoms with Crippen molar-refractivity contribution in [2.45, 2.75) is 38.4 Å². The van der Waals surface area contributed by atoms with Crippen LogP contribution in [0.3, 0.4) is 0 Å². The molecule has 2 heterocycles. The highest BCUT2D eigenvalue weighted by atomic mass is 32.1. The standard InChI is InChI=1S/C14H22N4O2S/c1-9-7-18(8-10(2)16-9)13(19)6-11(17-14(15)20)12-4-3-5-21-12/h3-5,9-11,16H,6-8H2,1-2H3,(H3,15,17,20)/t9-,10+,11-/m1/s1. The summed E-state index contributed by atoms with van der Waals surface area (Å²) in [6.07, 6.45) is 0.239. The van der Waals surface area contributed by atoms with E-state index in [2.05, 4.69) is 24.5 Å². The molecule has 0 saturated carbocycles. The highest BCUT2D eigenvalue weighted by molar-refractivity contribution is 7.10. The summed E-state index contributed by atoms with van der Waals surface area (Å²) in [6, 6.07) is 3.40. The summed E-state index contributed by atoms with van der Waals surface area (Å²) in [5.41, 5.74) is 5.22. The lowest BCUT2D eigenvalue weighted by atomic mass is 10.1. The fraction of sp³-hybridized carbons (Fsp3) is 0.571. The monoisotopic (exact) mass is 310 g/mol. The molecule has 4 N–H and O–H groups in total. The molecule has 6 nitrogen and oxygen atoms in total. The Balaban J connectivity index is 2.02. The van der Waals surface area contributed by atoms with Gasteiger partial charge in [-0.15, -0.1) is 11.3 Å². The van der Waals surface area contributed by atoms with Crippen LogP contribution >= 0.6 is 11.3 Å². The first kappa shape index (κ1) is 15.8. The molecule has 1 aliphatic rings. The summed E-state index contributed by atoms with van der Waals surface area (Å²) < 4.78 is 0. The number of rotatable bonds is 4. The van der Waals surface area contributed by atoms with Crippen LogP contribution < -0.4 is 16.4 Å². The minimum absolute atomic E-state index is 0.0438. The number of nitrogens with two attached hydrogens (primary N) is 1. The van der Waals surface area contributed by atoms with Crippen molar-refractivity contribution >= 4 is 23.3 Å². The molecule has 1 aliphatic heterocycles. The zero-order valence-corrected chi connectivity index (χ0v) is 13.2. The SMILES string of the molecule is C[C@@H]1CN(C(=O)C[C@@H](NC(N)=O)c2cccs2)C[C@H](C)N1. The molecular weight excluding hydrogens is 288 g/mol. The minimum Gasteiger partial charge on any atom is -0.352 e. The lowest BCUT2D eigenvalue weighted by molar-refractivity contribution is -0.133. The van der Waals surface area contributed by atoms with Crippen LogP contribution in [0.15, 0.2) is 17.5 Å². The van der Waals surface area contributed by atoms with Crippen molar-refractivity contribution in [3.8, 4) is 0 Å². The molecule has 0 bridgehead atoms. The van der Waals surface area contributed by atoms with E-state index in [1.54, 1.807) is 0 Å². The molecular formula is C14H22N4O2S. The summed E-state index contributed by atoms with van der Waals surface area (Å²) in [6.45, 7) is 5.51. The van der Waals surface area contributed by atoms with Crippen molar-refractivity contribution in [3.63, 3.8) is 0 Å². The maximum atomic E-state index is 12.5. The van der Waals surface area contributed by atoms with Crippen molar-refractivity contribution in [3.05, 3.63) is 22.4 Å². The Hall–Kier alpha value is -1.60. The molecule has 2 rings (SSSR count). The second-order valence-electron chi connectivity index (χ2n) is 5.55. The van der Waals surface area contributed by atoms with Crippen molar-refractivity contribution < 1.29 is 9.59 Å². The molecule has 0 aromatic carbocycles. The number of carbonyl (C=O) groups excluding carboxylic acids is 2. The number of thiophene rings is 1. The fourth-order valence-electron chi connectivity index (χ4n) is 2.72. The Morgan fingerprint density at radius 1 is 1.48 bits per heavy atom. The number of hydrogen-bond donors (Lipinski definition) is 3. The molecule has 0 spiro atoms. The molecule has 21 heavy (non-hydrogen) atoms. The van der Waals surface area contributed by atoms with Crippen molar-refractivity contribution in [1.82, 2.24) is 15.5 Å². The minimum atomic E-state index is -0.608. The van der Waals surface area contributed by atoms with Gasteiger partial charge in [0.1, 0.15) is 0 Å². The van der Waals surface area contributed by atoms with E-state index in [0.717, 1.165) is 4.88 Å². The van der Waals surface area contributed by atoms with E-state index < -0.39 is 6.03 Å². The van der Waals surface area contributed by atoms with E-state index >= 15 is 0 Å². The highest BCUT2D eigenvalue weighted by Crippen LogP contribution is 2.23. The average Bonchev–Trinajstić information content (AvgIpc) is 2.89. The third-order valence-corrected chi connectivity index (χ3v) is 4.48. The second-order valence-corrected chi connectivity index (χ2v) is 6.53. The third kappa shape index (κ3) is 4.44. The Morgan fingerprint density at radius 2 is 2.14 bits per heavy atom. The lowest BCUT2D eigenvalue weighted by Crippen LogP contribution is -2.56. The number of urea groups is 1. The molecule has 0 radical (unpaired) electrons. The Morgan fingerprint density at radius 3 is 2.67 bits per heavy atom. The van der Waals surface area contributed by atoms with Gasteiger partial charge in [-0.25, -0.2) is 4.79 Å².